The fourth-order valence-electron chi connectivity index (χ4n) is 2.61. The maximum absolute atomic E-state index is 12.7. The summed E-state index contributed by atoms with van der Waals surface area (Å²) in [4.78, 5) is 12.7. The number of nitrogens with one attached hydrogen (secondary N) is 1. The maximum atomic E-state index is 12.7. The highest BCUT2D eigenvalue weighted by Crippen LogP contribution is 2.20. The van der Waals surface area contributed by atoms with Crippen molar-refractivity contribution in [3.63, 3.8) is 0 Å². The number of benzene rings is 2. The topological polar surface area (TPSA) is 102 Å². The molecule has 2 aromatic carbocycles. The molecule has 1 N–H and O–H groups in total. The highest BCUT2D eigenvalue weighted by atomic mass is 32.2. The largest absolute Gasteiger partial charge is 0.410 e. The molecule has 1 aromatic heterocycles. The molecule has 0 aliphatic heterocycles. The second-order valence-corrected chi connectivity index (χ2v) is 8.55. The first-order valence-electron chi connectivity index (χ1n) is 8.86. The average Bonchev–Trinajstić information content (AvgIpc) is 3.20. The quantitative estimate of drug-likeness (QED) is 0.655. The summed E-state index contributed by atoms with van der Waals surface area (Å²) in [6.07, 6.45) is 0.381. The van der Waals surface area contributed by atoms with E-state index in [4.69, 9.17) is 4.42 Å². The van der Waals surface area contributed by atoms with Crippen LogP contribution < -0.4 is 5.32 Å². The fourth-order valence-corrected chi connectivity index (χ4v) is 3.23. The molecule has 0 fully saturated rings. The van der Waals surface area contributed by atoms with Crippen molar-refractivity contribution in [2.24, 2.45) is 0 Å². The summed E-state index contributed by atoms with van der Waals surface area (Å²) in [5, 5.41) is 9.97. The molecule has 3 aromatic rings. The number of hydrogen-bond donors (Lipinski definition) is 1. The predicted molar refractivity (Wildman–Crippen MR) is 104 cm³/mol. The van der Waals surface area contributed by atoms with E-state index in [9.17, 15) is 13.2 Å². The Morgan fingerprint density at radius 2 is 1.75 bits per heavy atom. The third-order valence-corrected chi connectivity index (χ3v) is 5.73. The van der Waals surface area contributed by atoms with E-state index in [1.54, 1.807) is 12.1 Å². The lowest BCUT2D eigenvalue weighted by atomic mass is 10.0. The molecule has 7 nitrogen and oxygen atoms in total. The molecule has 0 spiro atoms. The molecular formula is C20H21N3O4S. The Kier molecular flexibility index (Phi) is 5.89. The van der Waals surface area contributed by atoms with E-state index in [-0.39, 0.29) is 17.6 Å². The van der Waals surface area contributed by atoms with E-state index in [1.165, 1.54) is 6.92 Å². The lowest BCUT2D eigenvalue weighted by Gasteiger charge is -2.15. The van der Waals surface area contributed by atoms with Crippen molar-refractivity contribution in [1.29, 1.82) is 0 Å². The van der Waals surface area contributed by atoms with Crippen molar-refractivity contribution in [2.45, 2.75) is 31.5 Å². The molecule has 28 heavy (non-hydrogen) atoms. The third kappa shape index (κ3) is 4.64. The molecule has 0 unspecified atom stereocenters. The van der Waals surface area contributed by atoms with Crippen LogP contribution in [-0.4, -0.2) is 30.3 Å². The zero-order valence-corrected chi connectivity index (χ0v) is 16.4. The Balaban J connectivity index is 1.89. The SMILES string of the molecule is CCS(=O)(=O)c1nnc([C@H](Cc2ccccc2)NC(=O)c2ccc(C)cc2)o1. The molecule has 1 atom stereocenters. The van der Waals surface area contributed by atoms with Gasteiger partial charge in [0.1, 0.15) is 6.04 Å². The van der Waals surface area contributed by atoms with Gasteiger partial charge in [0.25, 0.3) is 5.91 Å². The number of carbonyl (C=O) groups is 1. The Labute approximate surface area is 163 Å². The van der Waals surface area contributed by atoms with Gasteiger partial charge in [0.05, 0.1) is 5.75 Å². The number of aromatic nitrogens is 2. The van der Waals surface area contributed by atoms with Crippen LogP contribution in [0.2, 0.25) is 0 Å². The standard InChI is InChI=1S/C20H21N3O4S/c1-3-28(25,26)20-23-22-19(27-20)17(13-15-7-5-4-6-8-15)21-18(24)16-11-9-14(2)10-12-16/h4-12,17H,3,13H2,1-2H3,(H,21,24)/t17-/m0/s1. The minimum absolute atomic E-state index is 0.0522. The van der Waals surface area contributed by atoms with Gasteiger partial charge in [0, 0.05) is 12.0 Å². The summed E-state index contributed by atoms with van der Waals surface area (Å²) in [7, 11) is -3.62. The molecule has 1 amide bonds. The first kappa shape index (κ1) is 19.8. The van der Waals surface area contributed by atoms with Gasteiger partial charge in [-0.05, 0) is 24.6 Å². The van der Waals surface area contributed by atoms with E-state index < -0.39 is 21.1 Å². The second kappa shape index (κ2) is 8.35. The first-order valence-corrected chi connectivity index (χ1v) is 10.5. The van der Waals surface area contributed by atoms with Crippen LogP contribution in [-0.2, 0) is 16.3 Å². The normalized spacial score (nSPS) is 12.5. The summed E-state index contributed by atoms with van der Waals surface area (Å²) in [5.74, 6) is -0.399. The van der Waals surface area contributed by atoms with Crippen molar-refractivity contribution < 1.29 is 17.6 Å². The molecule has 0 radical (unpaired) electrons. The molecule has 0 saturated carbocycles. The van der Waals surface area contributed by atoms with Crippen LogP contribution in [0.3, 0.4) is 0 Å². The van der Waals surface area contributed by atoms with E-state index in [0.717, 1.165) is 11.1 Å². The fraction of sp³-hybridized carbons (Fsp3) is 0.250. The Hall–Kier alpha value is -3.00. The zero-order chi connectivity index (χ0) is 20.1. The van der Waals surface area contributed by atoms with Crippen molar-refractivity contribution in [1.82, 2.24) is 15.5 Å². The van der Waals surface area contributed by atoms with Gasteiger partial charge in [-0.15, -0.1) is 5.10 Å². The van der Waals surface area contributed by atoms with Gasteiger partial charge in [-0.1, -0.05) is 60.1 Å². The number of carbonyl (C=O) groups excluding carboxylic acids is 1. The van der Waals surface area contributed by atoms with Crippen LogP contribution in [0, 0.1) is 6.92 Å². The predicted octanol–water partition coefficient (Wildman–Crippen LogP) is 2.89. The molecule has 0 aliphatic rings. The molecule has 0 saturated heterocycles. The Morgan fingerprint density at radius 3 is 2.39 bits per heavy atom. The molecule has 0 aliphatic carbocycles. The van der Waals surface area contributed by atoms with Crippen LogP contribution in [0.4, 0.5) is 0 Å². The van der Waals surface area contributed by atoms with E-state index >= 15 is 0 Å². The van der Waals surface area contributed by atoms with Gasteiger partial charge in [-0.3, -0.25) is 4.79 Å². The van der Waals surface area contributed by atoms with Gasteiger partial charge in [-0.2, -0.15) is 0 Å². The average molecular weight is 399 g/mol. The first-order chi connectivity index (χ1) is 13.4. The summed E-state index contributed by atoms with van der Waals surface area (Å²) in [6, 6.07) is 16.0. The maximum Gasteiger partial charge on any atom is 0.335 e. The Morgan fingerprint density at radius 1 is 1.07 bits per heavy atom. The van der Waals surface area contributed by atoms with Gasteiger partial charge in [0.15, 0.2) is 0 Å². The lowest BCUT2D eigenvalue weighted by molar-refractivity contribution is 0.0929. The molecule has 3 rings (SSSR count). The van der Waals surface area contributed by atoms with Crippen LogP contribution in [0.1, 0.15) is 40.3 Å². The van der Waals surface area contributed by atoms with Gasteiger partial charge in [0.2, 0.25) is 15.7 Å². The van der Waals surface area contributed by atoms with Crippen molar-refractivity contribution in [2.75, 3.05) is 5.75 Å². The van der Waals surface area contributed by atoms with Gasteiger partial charge in [-0.25, -0.2) is 8.42 Å². The highest BCUT2D eigenvalue weighted by Gasteiger charge is 2.26. The van der Waals surface area contributed by atoms with Crippen LogP contribution in [0.5, 0.6) is 0 Å². The highest BCUT2D eigenvalue weighted by molar-refractivity contribution is 7.91. The minimum Gasteiger partial charge on any atom is -0.410 e. The van der Waals surface area contributed by atoms with E-state index in [1.807, 2.05) is 49.4 Å². The lowest BCUT2D eigenvalue weighted by Crippen LogP contribution is -2.30. The minimum atomic E-state index is -3.62. The third-order valence-electron chi connectivity index (χ3n) is 4.27. The molecule has 8 heteroatoms. The van der Waals surface area contributed by atoms with E-state index in [2.05, 4.69) is 15.5 Å². The molecule has 146 valence electrons. The summed E-state index contributed by atoms with van der Waals surface area (Å²) < 4.78 is 29.4. The van der Waals surface area contributed by atoms with E-state index in [0.29, 0.717) is 12.0 Å². The van der Waals surface area contributed by atoms with Gasteiger partial charge < -0.3 is 9.73 Å². The van der Waals surface area contributed by atoms with Crippen molar-refractivity contribution >= 4 is 15.7 Å². The molecule has 1 heterocycles. The summed E-state index contributed by atoms with van der Waals surface area (Å²) in [6.45, 7) is 3.44. The molecular weight excluding hydrogens is 378 g/mol. The summed E-state index contributed by atoms with van der Waals surface area (Å²) >= 11 is 0. The number of sulfone groups is 1. The zero-order valence-electron chi connectivity index (χ0n) is 15.6. The Bertz CT molecular complexity index is 1040. The van der Waals surface area contributed by atoms with Crippen LogP contribution in [0.25, 0.3) is 0 Å². The number of hydrogen-bond acceptors (Lipinski definition) is 6. The number of amides is 1. The molecule has 0 bridgehead atoms. The van der Waals surface area contributed by atoms with Crippen LogP contribution >= 0.6 is 0 Å². The smallest absolute Gasteiger partial charge is 0.335 e. The summed E-state index contributed by atoms with van der Waals surface area (Å²) in [5.41, 5.74) is 2.48. The van der Waals surface area contributed by atoms with Crippen molar-refractivity contribution in [3.05, 3.63) is 77.2 Å². The van der Waals surface area contributed by atoms with Crippen LogP contribution in [0.15, 0.2) is 64.2 Å². The number of rotatable bonds is 7. The van der Waals surface area contributed by atoms with Crippen molar-refractivity contribution in [3.8, 4) is 0 Å². The van der Waals surface area contributed by atoms with Gasteiger partial charge >= 0.3 is 5.22 Å². The number of nitrogens with zero attached hydrogens (tertiary/aromatic N) is 2. The number of aryl methyl sites for hydroxylation is 1. The monoisotopic (exact) mass is 399 g/mol. The second-order valence-electron chi connectivity index (χ2n) is 6.39.